The molecule has 0 fully saturated rings. The van der Waals surface area contributed by atoms with Gasteiger partial charge in [0.2, 0.25) is 0 Å². The van der Waals surface area contributed by atoms with Gasteiger partial charge >= 0.3 is 0 Å². The van der Waals surface area contributed by atoms with Crippen LogP contribution in [0.25, 0.3) is 0 Å². The molecule has 0 spiro atoms. The third-order valence-corrected chi connectivity index (χ3v) is 5.48. The van der Waals surface area contributed by atoms with Crippen LogP contribution >= 0.6 is 11.6 Å². The second-order valence-electron chi connectivity index (χ2n) is 7.69. The van der Waals surface area contributed by atoms with E-state index in [2.05, 4.69) is 4.98 Å². The number of rotatable bonds is 7. The summed E-state index contributed by atoms with van der Waals surface area (Å²) in [7, 11) is 0. The molecule has 0 radical (unpaired) electrons. The van der Waals surface area contributed by atoms with Gasteiger partial charge in [0.1, 0.15) is 17.6 Å². The number of Topliss-reactive ketones (excluding diaryl/α,β-unsaturated/α-hetero) is 1. The summed E-state index contributed by atoms with van der Waals surface area (Å²) in [6, 6.07) is 16.3. The number of aromatic nitrogens is 1. The van der Waals surface area contributed by atoms with E-state index in [1.54, 1.807) is 42.7 Å². The van der Waals surface area contributed by atoms with Gasteiger partial charge < -0.3 is 9.84 Å². The van der Waals surface area contributed by atoms with Gasteiger partial charge in [-0.05, 0) is 60.5 Å². The number of aliphatic hydroxyl groups excluding tert-OH is 1. The van der Waals surface area contributed by atoms with Crippen LogP contribution in [-0.2, 0) is 0 Å². The zero-order chi connectivity index (χ0) is 21.0. The van der Waals surface area contributed by atoms with Crippen LogP contribution in [0.4, 0.5) is 0 Å². The average molecular weight is 410 g/mol. The zero-order valence-corrected chi connectivity index (χ0v) is 17.5. The molecule has 29 heavy (non-hydrogen) atoms. The number of benzene rings is 2. The molecule has 0 amide bonds. The summed E-state index contributed by atoms with van der Waals surface area (Å²) in [6.45, 7) is 5.59. The lowest BCUT2D eigenvalue weighted by Crippen LogP contribution is -2.25. The van der Waals surface area contributed by atoms with Crippen LogP contribution in [0.5, 0.6) is 11.5 Å². The zero-order valence-electron chi connectivity index (χ0n) is 16.7. The van der Waals surface area contributed by atoms with Crippen molar-refractivity contribution in [2.45, 2.75) is 26.9 Å². The third kappa shape index (κ3) is 4.84. The molecule has 1 N–H and O–H groups in total. The summed E-state index contributed by atoms with van der Waals surface area (Å²) in [6.07, 6.45) is 2.58. The van der Waals surface area contributed by atoms with E-state index in [-0.39, 0.29) is 11.7 Å². The minimum atomic E-state index is -0.743. The highest BCUT2D eigenvalue weighted by molar-refractivity contribution is 6.21. The van der Waals surface area contributed by atoms with Crippen LogP contribution in [0.2, 0.25) is 0 Å². The summed E-state index contributed by atoms with van der Waals surface area (Å²) in [5.74, 6) is 1.59. The number of halogens is 1. The largest absolute Gasteiger partial charge is 0.457 e. The normalized spacial score (nSPS) is 12.4. The summed E-state index contributed by atoms with van der Waals surface area (Å²) in [5.41, 5.74) is 2.40. The number of hydrogen-bond acceptors (Lipinski definition) is 4. The molecule has 3 rings (SSSR count). The number of aryl methyl sites for hydroxylation is 1. The maximum Gasteiger partial charge on any atom is 0.169 e. The Bertz CT molecular complexity index is 985. The highest BCUT2D eigenvalue weighted by atomic mass is 35.5. The average Bonchev–Trinajstić information content (AvgIpc) is 2.75. The number of alkyl halides is 1. The number of carbonyl (C=O) groups excluding carboxylic acids is 1. The van der Waals surface area contributed by atoms with Crippen LogP contribution in [-0.4, -0.2) is 21.8 Å². The Labute approximate surface area is 176 Å². The highest BCUT2D eigenvalue weighted by Crippen LogP contribution is 2.30. The molecule has 1 aromatic heterocycles. The molecule has 0 saturated carbocycles. The molecule has 0 bridgehead atoms. The lowest BCUT2D eigenvalue weighted by Gasteiger charge is -2.19. The van der Waals surface area contributed by atoms with E-state index in [1.165, 1.54) is 0 Å². The Balaban J connectivity index is 1.75. The quantitative estimate of drug-likeness (QED) is 0.401. The number of carbonyl (C=O) groups is 1. The summed E-state index contributed by atoms with van der Waals surface area (Å²) in [5, 5.41) is 10.5. The Morgan fingerprint density at radius 3 is 2.45 bits per heavy atom. The minimum absolute atomic E-state index is 0.00368. The molecule has 5 heteroatoms. The van der Waals surface area contributed by atoms with Crippen LogP contribution in [0.15, 0.2) is 67.0 Å². The van der Waals surface area contributed by atoms with E-state index in [1.807, 2.05) is 45.0 Å². The molecule has 150 valence electrons. The number of ketones is 1. The molecule has 0 saturated heterocycles. The Morgan fingerprint density at radius 1 is 1.14 bits per heavy atom. The SMILES string of the molecule is Cc1cc(C(O)c2cccnc2)ccc1Oc1ccc(C(=O)C(C)(C)CCl)cc1. The Morgan fingerprint density at radius 2 is 1.86 bits per heavy atom. The van der Waals surface area contributed by atoms with Crippen molar-refractivity contribution >= 4 is 17.4 Å². The van der Waals surface area contributed by atoms with E-state index >= 15 is 0 Å². The number of pyridine rings is 1. The Kier molecular flexibility index (Phi) is 6.36. The molecule has 0 aliphatic heterocycles. The second-order valence-corrected chi connectivity index (χ2v) is 7.95. The van der Waals surface area contributed by atoms with Crippen molar-refractivity contribution in [3.05, 3.63) is 89.2 Å². The van der Waals surface area contributed by atoms with Crippen molar-refractivity contribution in [2.24, 2.45) is 5.41 Å². The van der Waals surface area contributed by atoms with E-state index in [0.29, 0.717) is 17.1 Å². The second kappa shape index (κ2) is 8.76. The van der Waals surface area contributed by atoms with Crippen LogP contribution in [0, 0.1) is 12.3 Å². The van der Waals surface area contributed by atoms with Crippen molar-refractivity contribution in [1.29, 1.82) is 0 Å². The number of nitrogens with zero attached hydrogens (tertiary/aromatic N) is 1. The first-order valence-electron chi connectivity index (χ1n) is 9.39. The van der Waals surface area contributed by atoms with Gasteiger partial charge in [0, 0.05) is 34.8 Å². The smallest absolute Gasteiger partial charge is 0.169 e. The molecule has 1 unspecified atom stereocenters. The summed E-state index contributed by atoms with van der Waals surface area (Å²) in [4.78, 5) is 16.5. The van der Waals surface area contributed by atoms with Gasteiger partial charge in [-0.1, -0.05) is 26.0 Å². The monoisotopic (exact) mass is 409 g/mol. The minimum Gasteiger partial charge on any atom is -0.457 e. The fourth-order valence-electron chi connectivity index (χ4n) is 2.94. The van der Waals surface area contributed by atoms with E-state index in [4.69, 9.17) is 16.3 Å². The molecular weight excluding hydrogens is 386 g/mol. The van der Waals surface area contributed by atoms with Crippen LogP contribution < -0.4 is 4.74 Å². The summed E-state index contributed by atoms with van der Waals surface area (Å²) < 4.78 is 5.96. The van der Waals surface area contributed by atoms with Gasteiger partial charge in [-0.3, -0.25) is 9.78 Å². The molecular formula is C24H24ClNO3. The summed E-state index contributed by atoms with van der Waals surface area (Å²) >= 11 is 5.90. The van der Waals surface area contributed by atoms with Crippen LogP contribution in [0.3, 0.4) is 0 Å². The fraction of sp³-hybridized carbons (Fsp3) is 0.250. The van der Waals surface area contributed by atoms with Crippen molar-refractivity contribution in [1.82, 2.24) is 4.98 Å². The molecule has 3 aromatic rings. The molecule has 0 aliphatic carbocycles. The van der Waals surface area contributed by atoms with Gasteiger partial charge in [-0.15, -0.1) is 11.6 Å². The van der Waals surface area contributed by atoms with Crippen LogP contribution in [0.1, 0.15) is 47.0 Å². The Hall–Kier alpha value is -2.69. The topological polar surface area (TPSA) is 59.4 Å². The van der Waals surface area contributed by atoms with E-state index < -0.39 is 11.5 Å². The number of ether oxygens (including phenoxy) is 1. The first-order chi connectivity index (χ1) is 13.8. The maximum absolute atomic E-state index is 12.5. The third-order valence-electron chi connectivity index (χ3n) is 4.81. The predicted octanol–water partition coefficient (Wildman–Crippen LogP) is 5.71. The fourth-order valence-corrected chi connectivity index (χ4v) is 3.06. The lowest BCUT2D eigenvalue weighted by atomic mass is 9.86. The molecule has 1 atom stereocenters. The predicted molar refractivity (Wildman–Crippen MR) is 115 cm³/mol. The number of aliphatic hydroxyl groups is 1. The first kappa shape index (κ1) is 21.0. The van der Waals surface area contributed by atoms with Gasteiger partial charge in [0.15, 0.2) is 5.78 Å². The highest BCUT2D eigenvalue weighted by Gasteiger charge is 2.27. The molecule has 2 aromatic carbocycles. The molecule has 4 nitrogen and oxygen atoms in total. The molecule has 0 aliphatic rings. The van der Waals surface area contributed by atoms with Gasteiger partial charge in [-0.2, -0.15) is 0 Å². The maximum atomic E-state index is 12.5. The van der Waals surface area contributed by atoms with E-state index in [9.17, 15) is 9.90 Å². The lowest BCUT2D eigenvalue weighted by molar-refractivity contribution is 0.0862. The standard InChI is InChI=1S/C24H24ClNO3/c1-16-13-18(22(27)19-5-4-12-26-14-19)8-11-21(16)29-20-9-6-17(7-10-20)23(28)24(2,3)15-25/h4-14,22,27H,15H2,1-3H3. The van der Waals surface area contributed by atoms with Crippen molar-refractivity contribution in [2.75, 3.05) is 5.88 Å². The van der Waals surface area contributed by atoms with Crippen molar-refractivity contribution < 1.29 is 14.6 Å². The van der Waals surface area contributed by atoms with E-state index in [0.717, 1.165) is 16.7 Å². The van der Waals surface area contributed by atoms with Crippen molar-refractivity contribution in [3.8, 4) is 11.5 Å². The van der Waals surface area contributed by atoms with Crippen molar-refractivity contribution in [3.63, 3.8) is 0 Å². The van der Waals surface area contributed by atoms with Gasteiger partial charge in [-0.25, -0.2) is 0 Å². The number of hydrogen-bond donors (Lipinski definition) is 1. The first-order valence-corrected chi connectivity index (χ1v) is 9.92. The van der Waals surface area contributed by atoms with Gasteiger partial charge in [0.25, 0.3) is 0 Å². The molecule has 1 heterocycles. The van der Waals surface area contributed by atoms with Gasteiger partial charge in [0.05, 0.1) is 0 Å².